The van der Waals surface area contributed by atoms with Crippen molar-refractivity contribution in [1.29, 1.82) is 0 Å². The summed E-state index contributed by atoms with van der Waals surface area (Å²) in [7, 11) is 3.06. The minimum absolute atomic E-state index is 0.898. The zero-order valence-corrected chi connectivity index (χ0v) is 17.0. The average Bonchev–Trinajstić information content (AvgIpc) is 2.78. The molecular formula is C24H23N2OP. The van der Waals surface area contributed by atoms with E-state index in [0.29, 0.717) is 0 Å². The van der Waals surface area contributed by atoms with Crippen molar-refractivity contribution < 1.29 is 4.52 Å². The summed E-state index contributed by atoms with van der Waals surface area (Å²) in [5, 5.41) is 2.31. The van der Waals surface area contributed by atoms with Gasteiger partial charge in [-0.2, -0.15) is 0 Å². The van der Waals surface area contributed by atoms with Crippen LogP contribution in [0.4, 0.5) is 11.4 Å². The molecule has 0 atom stereocenters. The van der Waals surface area contributed by atoms with Crippen LogP contribution >= 0.6 is 8.45 Å². The van der Waals surface area contributed by atoms with E-state index in [-0.39, 0.29) is 0 Å². The molecule has 0 aliphatic carbocycles. The van der Waals surface area contributed by atoms with Crippen LogP contribution in [0, 0.1) is 0 Å². The van der Waals surface area contributed by atoms with E-state index in [0.717, 1.165) is 22.5 Å². The van der Waals surface area contributed by atoms with Crippen LogP contribution in [0.1, 0.15) is 0 Å². The van der Waals surface area contributed by atoms with Gasteiger partial charge in [0.2, 0.25) is 0 Å². The first kappa shape index (κ1) is 18.3. The van der Waals surface area contributed by atoms with Gasteiger partial charge >= 0.3 is 8.45 Å². The SMILES string of the molecule is CN(c1ccccc1)P(Oc1cccc2ccccc12)N(C)c1ccccc1. The first-order valence-electron chi connectivity index (χ1n) is 9.27. The van der Waals surface area contributed by atoms with E-state index in [1.165, 1.54) is 5.39 Å². The van der Waals surface area contributed by atoms with Gasteiger partial charge in [0.1, 0.15) is 5.75 Å². The maximum Gasteiger partial charge on any atom is 0.309 e. The molecule has 4 rings (SSSR count). The number of fused-ring (bicyclic) bond motifs is 1. The molecule has 0 aliphatic heterocycles. The van der Waals surface area contributed by atoms with Gasteiger partial charge in [0, 0.05) is 30.9 Å². The molecule has 0 amide bonds. The predicted octanol–water partition coefficient (Wildman–Crippen LogP) is 6.72. The van der Waals surface area contributed by atoms with Crippen LogP contribution < -0.4 is 13.9 Å². The van der Waals surface area contributed by atoms with Gasteiger partial charge in [0.15, 0.2) is 0 Å². The first-order valence-corrected chi connectivity index (χ1v) is 10.4. The quantitative estimate of drug-likeness (QED) is 0.342. The van der Waals surface area contributed by atoms with E-state index in [1.54, 1.807) is 0 Å². The first-order chi connectivity index (χ1) is 13.7. The van der Waals surface area contributed by atoms with Gasteiger partial charge in [-0.25, -0.2) is 0 Å². The second-order valence-electron chi connectivity index (χ2n) is 6.54. The standard InChI is InChI=1S/C24H23N2OP/c1-25(21-14-5-3-6-15-21)28(26(2)22-16-7-4-8-17-22)27-24-19-11-13-20-12-9-10-18-23(20)24/h3-19H,1-2H3. The lowest BCUT2D eigenvalue weighted by atomic mass is 10.1. The number of rotatable bonds is 6. The van der Waals surface area contributed by atoms with E-state index < -0.39 is 8.45 Å². The highest BCUT2D eigenvalue weighted by Crippen LogP contribution is 2.49. The maximum atomic E-state index is 6.68. The molecule has 3 nitrogen and oxygen atoms in total. The molecule has 4 aromatic rings. The average molecular weight is 386 g/mol. The number of hydrogen-bond acceptors (Lipinski definition) is 3. The zero-order chi connectivity index (χ0) is 19.3. The summed E-state index contributed by atoms with van der Waals surface area (Å²) >= 11 is 0. The molecule has 0 aliphatic rings. The molecule has 0 radical (unpaired) electrons. The number of para-hydroxylation sites is 2. The van der Waals surface area contributed by atoms with Gasteiger partial charge in [0.25, 0.3) is 0 Å². The number of benzene rings is 4. The fourth-order valence-electron chi connectivity index (χ4n) is 3.17. The Labute approximate surface area is 167 Å². The van der Waals surface area contributed by atoms with Crippen LogP contribution in [0.3, 0.4) is 0 Å². The Balaban J connectivity index is 1.74. The second-order valence-corrected chi connectivity index (χ2v) is 8.43. The molecule has 0 heterocycles. The Morgan fingerprint density at radius 1 is 0.571 bits per heavy atom. The third kappa shape index (κ3) is 3.81. The highest BCUT2D eigenvalue weighted by molar-refractivity contribution is 7.56. The lowest BCUT2D eigenvalue weighted by molar-refractivity contribution is 0.615. The minimum Gasteiger partial charge on any atom is -0.436 e. The number of anilines is 2. The molecule has 0 unspecified atom stereocenters. The van der Waals surface area contributed by atoms with Gasteiger partial charge in [-0.3, -0.25) is 0 Å². The molecule has 0 spiro atoms. The largest absolute Gasteiger partial charge is 0.436 e. The van der Waals surface area contributed by atoms with Crippen LogP contribution in [0.5, 0.6) is 5.75 Å². The third-order valence-electron chi connectivity index (χ3n) is 4.70. The molecule has 0 bridgehead atoms. The van der Waals surface area contributed by atoms with Crippen LogP contribution in [0.15, 0.2) is 103 Å². The molecule has 0 N–H and O–H groups in total. The predicted molar refractivity (Wildman–Crippen MR) is 121 cm³/mol. The molecule has 0 fully saturated rings. The van der Waals surface area contributed by atoms with Crippen molar-refractivity contribution >= 4 is 30.6 Å². The van der Waals surface area contributed by atoms with Gasteiger partial charge in [0.05, 0.1) is 0 Å². The lowest BCUT2D eigenvalue weighted by Crippen LogP contribution is -2.25. The van der Waals surface area contributed by atoms with Gasteiger partial charge in [-0.05, 0) is 35.7 Å². The Bertz CT molecular complexity index is 989. The summed E-state index contributed by atoms with van der Waals surface area (Å²) in [4.78, 5) is 0. The topological polar surface area (TPSA) is 15.7 Å². The number of hydrogen-bond donors (Lipinski definition) is 0. The van der Waals surface area contributed by atoms with Crippen LogP contribution in [0.25, 0.3) is 10.8 Å². The van der Waals surface area contributed by atoms with E-state index in [9.17, 15) is 0 Å². The summed E-state index contributed by atoms with van der Waals surface area (Å²) in [6.07, 6.45) is 0. The van der Waals surface area contributed by atoms with Crippen molar-refractivity contribution in [3.63, 3.8) is 0 Å². The summed E-state index contributed by atoms with van der Waals surface area (Å²) < 4.78 is 11.1. The van der Waals surface area contributed by atoms with Crippen molar-refractivity contribution in [2.75, 3.05) is 23.4 Å². The molecule has 0 saturated heterocycles. The molecule has 140 valence electrons. The van der Waals surface area contributed by atoms with Crippen molar-refractivity contribution in [3.8, 4) is 5.75 Å². The Kier molecular flexibility index (Phi) is 5.45. The Morgan fingerprint density at radius 2 is 1.07 bits per heavy atom. The van der Waals surface area contributed by atoms with Gasteiger partial charge in [-0.1, -0.05) is 72.8 Å². The second kappa shape index (κ2) is 8.33. The van der Waals surface area contributed by atoms with Crippen molar-refractivity contribution in [3.05, 3.63) is 103 Å². The maximum absolute atomic E-state index is 6.68. The van der Waals surface area contributed by atoms with E-state index in [2.05, 4.69) is 114 Å². The van der Waals surface area contributed by atoms with Gasteiger partial charge in [-0.15, -0.1) is 0 Å². The van der Waals surface area contributed by atoms with Crippen LogP contribution in [-0.4, -0.2) is 14.1 Å². The summed E-state index contributed by atoms with van der Waals surface area (Å²) in [5.41, 5.74) is 2.24. The van der Waals surface area contributed by atoms with Crippen molar-refractivity contribution in [2.24, 2.45) is 0 Å². The smallest absolute Gasteiger partial charge is 0.309 e. The van der Waals surface area contributed by atoms with Gasteiger partial charge < -0.3 is 13.9 Å². The summed E-state index contributed by atoms with van der Waals surface area (Å²) in [6, 6.07) is 35.3. The molecule has 0 saturated carbocycles. The minimum atomic E-state index is -1.12. The fraction of sp³-hybridized carbons (Fsp3) is 0.0833. The summed E-state index contributed by atoms with van der Waals surface area (Å²) in [6.45, 7) is 0. The monoisotopic (exact) mass is 386 g/mol. The van der Waals surface area contributed by atoms with E-state index >= 15 is 0 Å². The van der Waals surface area contributed by atoms with Crippen molar-refractivity contribution in [1.82, 2.24) is 0 Å². The number of nitrogens with zero attached hydrogens (tertiary/aromatic N) is 2. The molecule has 0 aromatic heterocycles. The molecule has 28 heavy (non-hydrogen) atoms. The Morgan fingerprint density at radius 3 is 1.68 bits per heavy atom. The zero-order valence-electron chi connectivity index (χ0n) is 16.1. The third-order valence-corrected chi connectivity index (χ3v) is 6.55. The van der Waals surface area contributed by atoms with E-state index in [4.69, 9.17) is 4.52 Å². The summed E-state index contributed by atoms with van der Waals surface area (Å²) in [5.74, 6) is 0.898. The normalized spacial score (nSPS) is 10.8. The van der Waals surface area contributed by atoms with Crippen LogP contribution in [0.2, 0.25) is 0 Å². The molecule has 4 aromatic carbocycles. The Hall–Kier alpha value is -3.03. The molecular weight excluding hydrogens is 363 g/mol. The van der Waals surface area contributed by atoms with Crippen LogP contribution in [-0.2, 0) is 0 Å². The van der Waals surface area contributed by atoms with E-state index in [1.807, 2.05) is 12.1 Å². The highest BCUT2D eigenvalue weighted by atomic mass is 31.2. The molecule has 4 heteroatoms. The lowest BCUT2D eigenvalue weighted by Gasteiger charge is -2.35. The fourth-order valence-corrected chi connectivity index (χ4v) is 4.82. The highest BCUT2D eigenvalue weighted by Gasteiger charge is 2.25. The van der Waals surface area contributed by atoms with Crippen molar-refractivity contribution in [2.45, 2.75) is 0 Å².